The Bertz CT molecular complexity index is 1080. The number of carbonyl (C=O) groups is 2. The van der Waals surface area contributed by atoms with E-state index in [9.17, 15) is 19.7 Å². The van der Waals surface area contributed by atoms with Gasteiger partial charge in [0.25, 0.3) is 11.6 Å². The lowest BCUT2D eigenvalue weighted by molar-refractivity contribution is -0.384. The SMILES string of the molecule is COc1ccc(C=O)cc1OCC(=O)Nc1ncc(Cc2cccc([N+](=O)[O-])c2)s1. The molecule has 3 aromatic rings. The number of hydrogen-bond acceptors (Lipinski definition) is 8. The van der Waals surface area contributed by atoms with E-state index in [-0.39, 0.29) is 18.0 Å². The Labute approximate surface area is 175 Å². The first-order valence-corrected chi connectivity index (χ1v) is 9.54. The molecule has 1 N–H and O–H groups in total. The summed E-state index contributed by atoms with van der Waals surface area (Å²) in [5, 5.41) is 13.9. The van der Waals surface area contributed by atoms with Gasteiger partial charge in [0, 0.05) is 35.2 Å². The predicted octanol–water partition coefficient (Wildman–Crippen LogP) is 3.48. The first-order valence-electron chi connectivity index (χ1n) is 8.72. The average Bonchev–Trinajstić information content (AvgIpc) is 3.18. The molecule has 0 bridgehead atoms. The van der Waals surface area contributed by atoms with E-state index in [0.717, 1.165) is 10.4 Å². The lowest BCUT2D eigenvalue weighted by atomic mass is 10.1. The maximum atomic E-state index is 12.2. The van der Waals surface area contributed by atoms with Crippen LogP contribution >= 0.6 is 11.3 Å². The highest BCUT2D eigenvalue weighted by atomic mass is 32.1. The molecule has 0 fully saturated rings. The molecule has 0 unspecified atom stereocenters. The second-order valence-electron chi connectivity index (χ2n) is 6.10. The number of nitrogens with one attached hydrogen (secondary N) is 1. The molecule has 0 aliphatic heterocycles. The quantitative estimate of drug-likeness (QED) is 0.315. The molecule has 0 aliphatic rings. The zero-order valence-electron chi connectivity index (χ0n) is 15.9. The molecule has 0 radical (unpaired) electrons. The smallest absolute Gasteiger partial charge is 0.269 e. The number of aldehydes is 1. The number of nitrogens with zero attached hydrogens (tertiary/aromatic N) is 2. The summed E-state index contributed by atoms with van der Waals surface area (Å²) >= 11 is 1.27. The number of carbonyl (C=O) groups excluding carboxylic acids is 2. The number of benzene rings is 2. The molecular weight excluding hydrogens is 410 g/mol. The summed E-state index contributed by atoms with van der Waals surface area (Å²) < 4.78 is 10.6. The van der Waals surface area contributed by atoms with Gasteiger partial charge in [-0.15, -0.1) is 11.3 Å². The molecule has 1 aromatic heterocycles. The third-order valence-corrected chi connectivity index (χ3v) is 4.89. The van der Waals surface area contributed by atoms with Gasteiger partial charge in [-0.3, -0.25) is 25.0 Å². The van der Waals surface area contributed by atoms with Gasteiger partial charge in [-0.1, -0.05) is 12.1 Å². The van der Waals surface area contributed by atoms with E-state index >= 15 is 0 Å². The number of nitro groups is 1. The fraction of sp³-hybridized carbons (Fsp3) is 0.150. The van der Waals surface area contributed by atoms with Gasteiger partial charge in [0.2, 0.25) is 0 Å². The first kappa shape index (κ1) is 20.9. The van der Waals surface area contributed by atoms with Crippen LogP contribution in [0.4, 0.5) is 10.8 Å². The van der Waals surface area contributed by atoms with Gasteiger partial charge in [0.1, 0.15) is 6.29 Å². The van der Waals surface area contributed by atoms with Crippen molar-refractivity contribution >= 4 is 34.3 Å². The number of thiazole rings is 1. The van der Waals surface area contributed by atoms with Gasteiger partial charge in [-0.2, -0.15) is 0 Å². The summed E-state index contributed by atoms with van der Waals surface area (Å²) in [5.41, 5.74) is 1.20. The summed E-state index contributed by atoms with van der Waals surface area (Å²) in [4.78, 5) is 38.5. The number of hydrogen-bond donors (Lipinski definition) is 1. The van der Waals surface area contributed by atoms with Crippen LogP contribution in [0.15, 0.2) is 48.7 Å². The van der Waals surface area contributed by atoms with Crippen LogP contribution in [-0.2, 0) is 11.2 Å². The van der Waals surface area contributed by atoms with Gasteiger partial charge in [-0.25, -0.2) is 4.98 Å². The van der Waals surface area contributed by atoms with Crippen LogP contribution < -0.4 is 14.8 Å². The minimum atomic E-state index is -0.443. The van der Waals surface area contributed by atoms with Crippen LogP contribution in [0.25, 0.3) is 0 Å². The van der Waals surface area contributed by atoms with Gasteiger partial charge in [0.15, 0.2) is 23.2 Å². The third-order valence-electron chi connectivity index (χ3n) is 3.98. The summed E-state index contributed by atoms with van der Waals surface area (Å²) in [6.07, 6.45) is 2.74. The fourth-order valence-electron chi connectivity index (χ4n) is 2.61. The van der Waals surface area contributed by atoms with E-state index in [1.165, 1.54) is 36.6 Å². The Morgan fingerprint density at radius 1 is 1.27 bits per heavy atom. The molecule has 1 heterocycles. The molecule has 10 heteroatoms. The van der Waals surface area contributed by atoms with Crippen LogP contribution in [0.3, 0.4) is 0 Å². The van der Waals surface area contributed by atoms with Crippen LogP contribution in [0.5, 0.6) is 11.5 Å². The highest BCUT2D eigenvalue weighted by molar-refractivity contribution is 7.15. The molecule has 0 saturated heterocycles. The largest absolute Gasteiger partial charge is 0.493 e. The molecule has 9 nitrogen and oxygen atoms in total. The van der Waals surface area contributed by atoms with E-state index in [2.05, 4.69) is 10.3 Å². The number of aromatic nitrogens is 1. The number of ether oxygens (including phenoxy) is 2. The summed E-state index contributed by atoms with van der Waals surface area (Å²) in [6.45, 7) is -0.293. The lowest BCUT2D eigenvalue weighted by Crippen LogP contribution is -2.20. The number of anilines is 1. The van der Waals surface area contributed by atoms with Gasteiger partial charge >= 0.3 is 0 Å². The summed E-state index contributed by atoms with van der Waals surface area (Å²) in [7, 11) is 1.46. The maximum Gasteiger partial charge on any atom is 0.269 e. The van der Waals surface area contributed by atoms with Gasteiger partial charge in [-0.05, 0) is 23.8 Å². The lowest BCUT2D eigenvalue weighted by Gasteiger charge is -2.10. The zero-order chi connectivity index (χ0) is 21.5. The fourth-order valence-corrected chi connectivity index (χ4v) is 3.47. The van der Waals surface area contributed by atoms with E-state index in [1.54, 1.807) is 30.5 Å². The van der Waals surface area contributed by atoms with E-state index in [4.69, 9.17) is 9.47 Å². The standard InChI is InChI=1S/C20H17N3O6S/c1-28-17-6-5-14(11-24)9-18(17)29-12-19(25)22-20-21-10-16(30-20)8-13-3-2-4-15(7-13)23(26)27/h2-7,9-11H,8,12H2,1H3,(H,21,22,25). The second-order valence-corrected chi connectivity index (χ2v) is 7.22. The van der Waals surface area contributed by atoms with Crippen molar-refractivity contribution in [3.63, 3.8) is 0 Å². The third kappa shape index (κ3) is 5.39. The molecule has 0 spiro atoms. The number of non-ortho nitro benzene ring substituents is 1. The Morgan fingerprint density at radius 2 is 2.10 bits per heavy atom. The summed E-state index contributed by atoms with van der Waals surface area (Å²) in [5.74, 6) is 0.259. The number of rotatable bonds is 9. The topological polar surface area (TPSA) is 121 Å². The van der Waals surface area contributed by atoms with Crippen LogP contribution in [-0.4, -0.2) is 35.8 Å². The Kier molecular flexibility index (Phi) is 6.71. The van der Waals surface area contributed by atoms with Crippen LogP contribution in [0.1, 0.15) is 20.8 Å². The van der Waals surface area contributed by atoms with Crippen molar-refractivity contribution in [2.75, 3.05) is 19.0 Å². The van der Waals surface area contributed by atoms with Crippen molar-refractivity contribution in [3.8, 4) is 11.5 Å². The van der Waals surface area contributed by atoms with Crippen molar-refractivity contribution in [1.82, 2.24) is 4.98 Å². The predicted molar refractivity (Wildman–Crippen MR) is 111 cm³/mol. The molecule has 0 atom stereocenters. The highest BCUT2D eigenvalue weighted by Crippen LogP contribution is 2.28. The van der Waals surface area contributed by atoms with Crippen molar-refractivity contribution in [1.29, 1.82) is 0 Å². The number of nitro benzene ring substituents is 1. The molecule has 1 amide bonds. The zero-order valence-corrected chi connectivity index (χ0v) is 16.7. The van der Waals surface area contributed by atoms with Crippen molar-refractivity contribution in [3.05, 3.63) is 74.8 Å². The maximum absolute atomic E-state index is 12.2. The molecule has 0 aliphatic carbocycles. The van der Waals surface area contributed by atoms with E-state index in [1.807, 2.05) is 0 Å². The Hall–Kier alpha value is -3.79. The second kappa shape index (κ2) is 9.61. The monoisotopic (exact) mass is 427 g/mol. The van der Waals surface area contributed by atoms with Crippen molar-refractivity contribution in [2.24, 2.45) is 0 Å². The minimum Gasteiger partial charge on any atom is -0.493 e. The molecular formula is C20H17N3O6S. The van der Waals surface area contributed by atoms with E-state index < -0.39 is 10.8 Å². The number of amides is 1. The molecule has 2 aromatic carbocycles. The highest BCUT2D eigenvalue weighted by Gasteiger charge is 2.12. The van der Waals surface area contributed by atoms with Gasteiger partial charge in [0.05, 0.1) is 12.0 Å². The van der Waals surface area contributed by atoms with Gasteiger partial charge < -0.3 is 9.47 Å². The van der Waals surface area contributed by atoms with Crippen LogP contribution in [0.2, 0.25) is 0 Å². The minimum absolute atomic E-state index is 0.0248. The molecule has 30 heavy (non-hydrogen) atoms. The molecule has 0 saturated carbocycles. The summed E-state index contributed by atoms with van der Waals surface area (Å²) in [6, 6.07) is 11.0. The Balaban J connectivity index is 1.58. The number of methoxy groups -OCH3 is 1. The molecule has 3 rings (SSSR count). The first-order chi connectivity index (χ1) is 14.5. The van der Waals surface area contributed by atoms with Crippen LogP contribution in [0, 0.1) is 10.1 Å². The van der Waals surface area contributed by atoms with Crippen molar-refractivity contribution in [2.45, 2.75) is 6.42 Å². The van der Waals surface area contributed by atoms with Crippen molar-refractivity contribution < 1.29 is 24.0 Å². The van der Waals surface area contributed by atoms with E-state index in [0.29, 0.717) is 29.2 Å². The molecule has 154 valence electrons. The normalized spacial score (nSPS) is 10.3. The Morgan fingerprint density at radius 3 is 2.83 bits per heavy atom. The average molecular weight is 427 g/mol.